The van der Waals surface area contributed by atoms with Crippen molar-refractivity contribution in [2.75, 3.05) is 13.1 Å². The first-order valence-electron chi connectivity index (χ1n) is 9.39. The van der Waals surface area contributed by atoms with Crippen molar-refractivity contribution >= 4 is 40.3 Å². The number of halogens is 2. The first kappa shape index (κ1) is 18.0. The number of fused-ring (bicyclic) bond motifs is 2. The Morgan fingerprint density at radius 3 is 2.75 bits per heavy atom. The Balaban J connectivity index is 1.39. The number of benzene rings is 2. The Morgan fingerprint density at radius 2 is 1.93 bits per heavy atom. The quantitative estimate of drug-likeness (QED) is 0.549. The van der Waals surface area contributed by atoms with Crippen LogP contribution in [0.1, 0.15) is 29.6 Å². The van der Waals surface area contributed by atoms with Crippen LogP contribution in [0.4, 0.5) is 0 Å². The van der Waals surface area contributed by atoms with Crippen molar-refractivity contribution in [2.24, 2.45) is 0 Å². The molecule has 0 radical (unpaired) electrons. The molecule has 1 aromatic heterocycles. The second-order valence-corrected chi connectivity index (χ2v) is 8.21. The minimum Gasteiger partial charge on any atom is -0.457 e. The number of carbonyl (C=O) groups is 1. The van der Waals surface area contributed by atoms with Gasteiger partial charge in [0.15, 0.2) is 5.58 Å². The molecule has 0 aliphatic carbocycles. The molecule has 0 saturated carbocycles. The predicted octanol–water partition coefficient (Wildman–Crippen LogP) is 5.20. The number of ether oxygens (including phenoxy) is 1. The molecule has 0 amide bonds. The highest BCUT2D eigenvalue weighted by Gasteiger charge is 2.39. The summed E-state index contributed by atoms with van der Waals surface area (Å²) in [7, 11) is 0. The maximum atomic E-state index is 12.7. The van der Waals surface area contributed by atoms with Crippen LogP contribution >= 0.6 is 23.2 Å². The zero-order chi connectivity index (χ0) is 19.3. The lowest BCUT2D eigenvalue weighted by Gasteiger charge is -2.20. The molecule has 144 valence electrons. The van der Waals surface area contributed by atoms with Crippen LogP contribution in [0.25, 0.3) is 22.6 Å². The highest BCUT2D eigenvalue weighted by molar-refractivity contribution is 6.35. The summed E-state index contributed by atoms with van der Waals surface area (Å²) in [6, 6.07) is 10.7. The van der Waals surface area contributed by atoms with Gasteiger partial charge < -0.3 is 9.15 Å². The molecule has 0 bridgehead atoms. The van der Waals surface area contributed by atoms with Gasteiger partial charge in [0.05, 0.1) is 5.56 Å². The lowest BCUT2D eigenvalue weighted by Crippen LogP contribution is -2.32. The van der Waals surface area contributed by atoms with E-state index in [4.69, 9.17) is 32.4 Å². The minimum absolute atomic E-state index is 0.0235. The fourth-order valence-corrected chi connectivity index (χ4v) is 4.76. The summed E-state index contributed by atoms with van der Waals surface area (Å²) in [6.45, 7) is 2.12. The van der Waals surface area contributed by atoms with E-state index in [1.165, 1.54) is 6.42 Å². The van der Waals surface area contributed by atoms with Crippen LogP contribution in [-0.2, 0) is 4.74 Å². The van der Waals surface area contributed by atoms with Crippen molar-refractivity contribution in [1.82, 2.24) is 9.88 Å². The minimum atomic E-state index is -0.315. The third-order valence-electron chi connectivity index (χ3n) is 5.54. The molecule has 2 atom stereocenters. The number of aromatic nitrogens is 1. The monoisotopic (exact) mass is 416 g/mol. The largest absolute Gasteiger partial charge is 0.457 e. The first-order valence-corrected chi connectivity index (χ1v) is 10.1. The molecule has 2 saturated heterocycles. The van der Waals surface area contributed by atoms with Crippen LogP contribution in [0.2, 0.25) is 10.0 Å². The number of carbonyl (C=O) groups excluding carboxylic acids is 1. The third-order valence-corrected chi connectivity index (χ3v) is 5.97. The standard InChI is InChI=1S/C21H18Cl2N2O3/c22-14-8-13(9-15(23)11-14)20-24-16-4-3-12(10-19(16)27-20)21(26)28-18-5-7-25-6-1-2-17(18)25/h3-4,8-11,17-18H,1-2,5-7H2/t17-,18+/m0/s1. The summed E-state index contributed by atoms with van der Waals surface area (Å²) in [5.74, 6) is 0.0895. The fourth-order valence-electron chi connectivity index (χ4n) is 4.23. The number of esters is 1. The molecule has 0 N–H and O–H groups in total. The molecule has 2 fully saturated rings. The fraction of sp³-hybridized carbons (Fsp3) is 0.333. The van der Waals surface area contributed by atoms with E-state index in [1.54, 1.807) is 36.4 Å². The number of hydrogen-bond acceptors (Lipinski definition) is 5. The Morgan fingerprint density at radius 1 is 1.11 bits per heavy atom. The first-order chi connectivity index (χ1) is 13.6. The van der Waals surface area contributed by atoms with E-state index in [-0.39, 0.29) is 12.1 Å². The van der Waals surface area contributed by atoms with Crippen molar-refractivity contribution in [1.29, 1.82) is 0 Å². The second kappa shape index (κ2) is 7.07. The van der Waals surface area contributed by atoms with Gasteiger partial charge in [0.1, 0.15) is 11.6 Å². The highest BCUT2D eigenvalue weighted by atomic mass is 35.5. The average Bonchev–Trinajstić information content (AvgIpc) is 3.36. The predicted molar refractivity (Wildman–Crippen MR) is 108 cm³/mol. The zero-order valence-electron chi connectivity index (χ0n) is 15.0. The smallest absolute Gasteiger partial charge is 0.338 e. The van der Waals surface area contributed by atoms with Crippen molar-refractivity contribution in [3.8, 4) is 11.5 Å². The Kier molecular flexibility index (Phi) is 4.54. The summed E-state index contributed by atoms with van der Waals surface area (Å²) in [6.07, 6.45) is 3.16. The van der Waals surface area contributed by atoms with Crippen molar-refractivity contribution in [2.45, 2.75) is 31.4 Å². The van der Waals surface area contributed by atoms with Gasteiger partial charge in [-0.3, -0.25) is 4.90 Å². The number of rotatable bonds is 3. The van der Waals surface area contributed by atoms with Crippen LogP contribution in [0, 0.1) is 0 Å². The number of nitrogens with zero attached hydrogens (tertiary/aromatic N) is 2. The van der Waals surface area contributed by atoms with Crippen molar-refractivity contribution < 1.29 is 13.9 Å². The highest BCUT2D eigenvalue weighted by Crippen LogP contribution is 2.32. The number of hydrogen-bond donors (Lipinski definition) is 0. The third kappa shape index (κ3) is 3.28. The summed E-state index contributed by atoms with van der Waals surface area (Å²) >= 11 is 12.1. The lowest BCUT2D eigenvalue weighted by atomic mass is 10.1. The topological polar surface area (TPSA) is 55.6 Å². The van der Waals surface area contributed by atoms with E-state index < -0.39 is 0 Å². The summed E-state index contributed by atoms with van der Waals surface area (Å²) < 4.78 is 11.7. The van der Waals surface area contributed by atoms with Gasteiger partial charge in [-0.25, -0.2) is 9.78 Å². The Labute approximate surface area is 172 Å². The molecule has 0 unspecified atom stereocenters. The Hall–Kier alpha value is -2.08. The van der Waals surface area contributed by atoms with E-state index in [9.17, 15) is 4.79 Å². The van der Waals surface area contributed by atoms with Gasteiger partial charge in [0.25, 0.3) is 0 Å². The van der Waals surface area contributed by atoms with E-state index in [1.807, 2.05) is 0 Å². The van der Waals surface area contributed by atoms with E-state index in [0.29, 0.717) is 44.2 Å². The zero-order valence-corrected chi connectivity index (χ0v) is 16.5. The van der Waals surface area contributed by atoms with Gasteiger partial charge in [-0.15, -0.1) is 0 Å². The molecule has 2 aliphatic rings. The van der Waals surface area contributed by atoms with Gasteiger partial charge in [0, 0.05) is 28.2 Å². The molecular weight excluding hydrogens is 399 g/mol. The van der Waals surface area contributed by atoms with Gasteiger partial charge >= 0.3 is 5.97 Å². The maximum absolute atomic E-state index is 12.7. The van der Waals surface area contributed by atoms with E-state index in [0.717, 1.165) is 25.9 Å². The van der Waals surface area contributed by atoms with Gasteiger partial charge in [-0.05, 0) is 62.2 Å². The molecule has 5 rings (SSSR count). The van der Waals surface area contributed by atoms with E-state index in [2.05, 4.69) is 9.88 Å². The average molecular weight is 417 g/mol. The normalized spacial score (nSPS) is 21.9. The molecule has 7 heteroatoms. The number of oxazole rings is 1. The summed E-state index contributed by atoms with van der Waals surface area (Å²) in [5, 5.41) is 1.01. The van der Waals surface area contributed by atoms with E-state index >= 15 is 0 Å². The lowest BCUT2D eigenvalue weighted by molar-refractivity contribution is 0.0237. The molecule has 3 aromatic rings. The van der Waals surface area contributed by atoms with Crippen LogP contribution in [0.15, 0.2) is 40.8 Å². The van der Waals surface area contributed by atoms with Crippen LogP contribution in [-0.4, -0.2) is 41.1 Å². The van der Waals surface area contributed by atoms with Crippen LogP contribution in [0.5, 0.6) is 0 Å². The molecule has 0 spiro atoms. The second-order valence-electron chi connectivity index (χ2n) is 7.34. The maximum Gasteiger partial charge on any atom is 0.338 e. The van der Waals surface area contributed by atoms with Gasteiger partial charge in [0.2, 0.25) is 5.89 Å². The molecule has 5 nitrogen and oxygen atoms in total. The molecular formula is C21H18Cl2N2O3. The summed E-state index contributed by atoms with van der Waals surface area (Å²) in [5.41, 5.74) is 2.33. The molecule has 28 heavy (non-hydrogen) atoms. The van der Waals surface area contributed by atoms with Gasteiger partial charge in [-0.2, -0.15) is 0 Å². The van der Waals surface area contributed by atoms with Crippen molar-refractivity contribution in [3.05, 3.63) is 52.0 Å². The van der Waals surface area contributed by atoms with Crippen LogP contribution < -0.4 is 0 Å². The van der Waals surface area contributed by atoms with Crippen LogP contribution in [0.3, 0.4) is 0 Å². The molecule has 3 heterocycles. The summed E-state index contributed by atoms with van der Waals surface area (Å²) in [4.78, 5) is 19.5. The molecule has 2 aromatic carbocycles. The Bertz CT molecular complexity index is 1040. The SMILES string of the molecule is O=C(O[C@@H]1CCN2CCC[C@@H]12)c1ccc2nc(-c3cc(Cl)cc(Cl)c3)oc2c1. The van der Waals surface area contributed by atoms with Gasteiger partial charge in [-0.1, -0.05) is 23.2 Å². The van der Waals surface area contributed by atoms with Crippen molar-refractivity contribution in [3.63, 3.8) is 0 Å². The molecule has 2 aliphatic heterocycles.